The Balaban J connectivity index is 2.05. The van der Waals surface area contributed by atoms with Crippen molar-refractivity contribution < 1.29 is 0 Å². The van der Waals surface area contributed by atoms with Crippen LogP contribution in [0, 0.1) is 6.92 Å². The summed E-state index contributed by atoms with van der Waals surface area (Å²) < 4.78 is 2.27. The third-order valence-corrected chi connectivity index (χ3v) is 4.51. The van der Waals surface area contributed by atoms with Gasteiger partial charge in [-0.1, -0.05) is 0 Å². The first-order valence-electron chi connectivity index (χ1n) is 5.16. The Labute approximate surface area is 94.6 Å². The highest BCUT2D eigenvalue weighted by atomic mass is 32.2. The van der Waals surface area contributed by atoms with Crippen LogP contribution in [0.3, 0.4) is 0 Å². The van der Waals surface area contributed by atoms with Gasteiger partial charge in [-0.05, 0) is 26.0 Å². The van der Waals surface area contributed by atoms with E-state index in [9.17, 15) is 0 Å². The topological polar surface area (TPSA) is 55.9 Å². The lowest BCUT2D eigenvalue weighted by atomic mass is 10.3. The van der Waals surface area contributed by atoms with Gasteiger partial charge in [0.15, 0.2) is 0 Å². The third-order valence-electron chi connectivity index (χ3n) is 3.09. The molecule has 4 nitrogen and oxygen atoms in total. The number of nitrogens with zero attached hydrogens (tertiary/aromatic N) is 2. The smallest absolute Gasteiger partial charge is 0.147 e. The lowest BCUT2D eigenvalue weighted by molar-refractivity contribution is 0.755. The number of anilines is 2. The fourth-order valence-electron chi connectivity index (χ4n) is 1.72. The van der Waals surface area contributed by atoms with Crippen molar-refractivity contribution in [3.05, 3.63) is 5.69 Å². The van der Waals surface area contributed by atoms with E-state index in [1.807, 2.05) is 30.4 Å². The summed E-state index contributed by atoms with van der Waals surface area (Å²) in [6.07, 6.45) is 4.78. The zero-order chi connectivity index (χ0) is 11.1. The molecule has 0 amide bonds. The van der Waals surface area contributed by atoms with E-state index in [0.717, 1.165) is 23.7 Å². The van der Waals surface area contributed by atoms with Crippen LogP contribution in [0.4, 0.5) is 11.5 Å². The number of rotatable bonds is 4. The highest BCUT2D eigenvalue weighted by molar-refractivity contribution is 8.00. The maximum atomic E-state index is 5.94. The van der Waals surface area contributed by atoms with Crippen LogP contribution in [0.2, 0.25) is 0 Å². The van der Waals surface area contributed by atoms with E-state index in [4.69, 9.17) is 5.73 Å². The lowest BCUT2D eigenvalue weighted by Crippen LogP contribution is -2.19. The molecule has 1 aromatic rings. The van der Waals surface area contributed by atoms with E-state index < -0.39 is 0 Å². The van der Waals surface area contributed by atoms with Gasteiger partial charge in [0.05, 0.1) is 11.4 Å². The molecule has 0 spiro atoms. The standard InChI is InChI=1S/C10H18N4S/c1-7-8(11)9(14(2)13-7)12-6-10(15-3)4-5-10/h12H,4-6,11H2,1-3H3. The molecule has 0 aliphatic heterocycles. The molecule has 84 valence electrons. The van der Waals surface area contributed by atoms with Crippen molar-refractivity contribution in [2.75, 3.05) is 23.9 Å². The molecule has 0 radical (unpaired) electrons. The first-order chi connectivity index (χ1) is 7.08. The Morgan fingerprint density at radius 2 is 2.27 bits per heavy atom. The predicted octanol–water partition coefficient (Wildman–Crippen LogP) is 1.62. The fourth-order valence-corrected chi connectivity index (χ4v) is 2.45. The Hall–Kier alpha value is -0.840. The van der Waals surface area contributed by atoms with Gasteiger partial charge in [0, 0.05) is 18.3 Å². The van der Waals surface area contributed by atoms with E-state index in [0.29, 0.717) is 4.75 Å². The summed E-state index contributed by atoms with van der Waals surface area (Å²) in [4.78, 5) is 0. The van der Waals surface area contributed by atoms with Crippen molar-refractivity contribution >= 4 is 23.3 Å². The van der Waals surface area contributed by atoms with Gasteiger partial charge in [0.1, 0.15) is 5.82 Å². The van der Waals surface area contributed by atoms with Gasteiger partial charge >= 0.3 is 0 Å². The Bertz CT molecular complexity index is 368. The molecule has 0 atom stereocenters. The second kappa shape index (κ2) is 3.63. The molecule has 0 bridgehead atoms. The number of nitrogens with one attached hydrogen (secondary N) is 1. The van der Waals surface area contributed by atoms with Crippen LogP contribution in [0.25, 0.3) is 0 Å². The number of aromatic nitrogens is 2. The Morgan fingerprint density at radius 3 is 2.67 bits per heavy atom. The van der Waals surface area contributed by atoms with Gasteiger partial charge in [0.2, 0.25) is 0 Å². The molecule has 1 aliphatic rings. The summed E-state index contributed by atoms with van der Waals surface area (Å²) in [5.41, 5.74) is 7.61. The minimum Gasteiger partial charge on any atom is -0.394 e. The van der Waals surface area contributed by atoms with Crippen LogP contribution in [0.1, 0.15) is 18.5 Å². The summed E-state index contributed by atoms with van der Waals surface area (Å²) in [7, 11) is 1.92. The summed E-state index contributed by atoms with van der Waals surface area (Å²) in [5, 5.41) is 7.69. The SMILES string of the molecule is CSC1(CNc2c(N)c(C)nn2C)CC1. The molecule has 3 N–H and O–H groups in total. The monoisotopic (exact) mass is 226 g/mol. The Kier molecular flexibility index (Phi) is 2.58. The highest BCUT2D eigenvalue weighted by Crippen LogP contribution is 2.47. The quantitative estimate of drug-likeness (QED) is 0.819. The van der Waals surface area contributed by atoms with Crippen LogP contribution < -0.4 is 11.1 Å². The van der Waals surface area contributed by atoms with Gasteiger partial charge in [-0.2, -0.15) is 16.9 Å². The van der Waals surface area contributed by atoms with Crippen molar-refractivity contribution in [3.63, 3.8) is 0 Å². The van der Waals surface area contributed by atoms with E-state index in [-0.39, 0.29) is 0 Å². The number of thioether (sulfide) groups is 1. The zero-order valence-corrected chi connectivity index (χ0v) is 10.3. The summed E-state index contributed by atoms with van der Waals surface area (Å²) >= 11 is 1.94. The second-order valence-electron chi connectivity index (χ2n) is 4.21. The van der Waals surface area contributed by atoms with E-state index in [1.54, 1.807) is 0 Å². The molecule has 0 unspecified atom stereocenters. The number of aryl methyl sites for hydroxylation is 2. The Morgan fingerprint density at radius 1 is 1.60 bits per heavy atom. The maximum absolute atomic E-state index is 5.94. The van der Waals surface area contributed by atoms with E-state index in [2.05, 4.69) is 16.7 Å². The molecule has 5 heteroatoms. The summed E-state index contributed by atoms with van der Waals surface area (Å²) in [6, 6.07) is 0. The average Bonchev–Trinajstić information content (AvgIpc) is 2.93. The van der Waals surface area contributed by atoms with Crippen molar-refractivity contribution in [3.8, 4) is 0 Å². The van der Waals surface area contributed by atoms with Gasteiger partial charge < -0.3 is 11.1 Å². The zero-order valence-electron chi connectivity index (χ0n) is 9.50. The molecule has 1 fully saturated rings. The minimum absolute atomic E-state index is 0.449. The molecular formula is C10H18N4S. The molecule has 15 heavy (non-hydrogen) atoms. The van der Waals surface area contributed by atoms with Crippen LogP contribution in [-0.4, -0.2) is 27.3 Å². The van der Waals surface area contributed by atoms with Crippen molar-refractivity contribution in [1.82, 2.24) is 9.78 Å². The minimum atomic E-state index is 0.449. The van der Waals surface area contributed by atoms with E-state index >= 15 is 0 Å². The number of hydrogen-bond donors (Lipinski definition) is 2. The van der Waals surface area contributed by atoms with Gasteiger partial charge in [0.25, 0.3) is 0 Å². The van der Waals surface area contributed by atoms with Crippen molar-refractivity contribution in [2.45, 2.75) is 24.5 Å². The van der Waals surface area contributed by atoms with Gasteiger partial charge in [-0.15, -0.1) is 0 Å². The maximum Gasteiger partial charge on any atom is 0.147 e. The summed E-state index contributed by atoms with van der Waals surface area (Å²) in [5.74, 6) is 0.952. The first-order valence-corrected chi connectivity index (χ1v) is 6.38. The second-order valence-corrected chi connectivity index (χ2v) is 5.49. The molecule has 1 heterocycles. The molecule has 2 rings (SSSR count). The van der Waals surface area contributed by atoms with Crippen molar-refractivity contribution in [2.24, 2.45) is 7.05 Å². The highest BCUT2D eigenvalue weighted by Gasteiger charge is 2.41. The molecular weight excluding hydrogens is 208 g/mol. The molecule has 0 saturated heterocycles. The number of nitrogens with two attached hydrogens (primary N) is 1. The van der Waals surface area contributed by atoms with Crippen LogP contribution >= 0.6 is 11.8 Å². The van der Waals surface area contributed by atoms with Gasteiger partial charge in [-0.3, -0.25) is 4.68 Å². The number of nitrogen functional groups attached to an aromatic ring is 1. The van der Waals surface area contributed by atoms with Crippen molar-refractivity contribution in [1.29, 1.82) is 0 Å². The van der Waals surface area contributed by atoms with Crippen LogP contribution in [0.5, 0.6) is 0 Å². The summed E-state index contributed by atoms with van der Waals surface area (Å²) in [6.45, 7) is 2.92. The number of hydrogen-bond acceptors (Lipinski definition) is 4. The molecule has 1 saturated carbocycles. The normalized spacial score (nSPS) is 17.8. The van der Waals surface area contributed by atoms with Crippen LogP contribution in [0.15, 0.2) is 0 Å². The molecule has 0 aromatic carbocycles. The molecule has 1 aliphatic carbocycles. The third kappa shape index (κ3) is 1.93. The first kappa shape index (κ1) is 10.7. The average molecular weight is 226 g/mol. The van der Waals surface area contributed by atoms with E-state index in [1.165, 1.54) is 12.8 Å². The predicted molar refractivity (Wildman–Crippen MR) is 66.3 cm³/mol. The largest absolute Gasteiger partial charge is 0.394 e. The van der Waals surface area contributed by atoms with Crippen LogP contribution in [-0.2, 0) is 7.05 Å². The molecule has 1 aromatic heterocycles. The van der Waals surface area contributed by atoms with Gasteiger partial charge in [-0.25, -0.2) is 0 Å². The fraction of sp³-hybridized carbons (Fsp3) is 0.700. The lowest BCUT2D eigenvalue weighted by Gasteiger charge is -2.14.